The highest BCUT2D eigenvalue weighted by molar-refractivity contribution is 5.52. The van der Waals surface area contributed by atoms with E-state index < -0.39 is 0 Å². The Morgan fingerprint density at radius 1 is 0.824 bits per heavy atom. The van der Waals surface area contributed by atoms with Gasteiger partial charge in [0.15, 0.2) is 0 Å². The Labute approximate surface area is 104 Å². The van der Waals surface area contributed by atoms with Crippen LogP contribution in [0.5, 0.6) is 0 Å². The van der Waals surface area contributed by atoms with E-state index in [9.17, 15) is 9.59 Å². The number of hydrogen-bond acceptors (Lipinski definition) is 5. The van der Waals surface area contributed by atoms with Crippen LogP contribution in [0.25, 0.3) is 0 Å². The molecule has 0 heterocycles. The van der Waals surface area contributed by atoms with Gasteiger partial charge in [0.2, 0.25) is 0 Å². The summed E-state index contributed by atoms with van der Waals surface area (Å²) in [4.78, 5) is 27.2. The summed E-state index contributed by atoms with van der Waals surface area (Å²) in [7, 11) is 3.98. The summed E-state index contributed by atoms with van der Waals surface area (Å²) in [5.41, 5.74) is 0. The van der Waals surface area contributed by atoms with Crippen LogP contribution in [0.15, 0.2) is 0 Å². The van der Waals surface area contributed by atoms with Gasteiger partial charge in [-0.15, -0.1) is 0 Å². The van der Waals surface area contributed by atoms with Gasteiger partial charge in [-0.3, -0.25) is 9.80 Å². The summed E-state index contributed by atoms with van der Waals surface area (Å²) in [6.45, 7) is 7.51. The lowest BCUT2D eigenvalue weighted by Gasteiger charge is -2.25. The van der Waals surface area contributed by atoms with Crippen molar-refractivity contribution < 1.29 is 9.59 Å². The molecule has 0 aliphatic heterocycles. The van der Waals surface area contributed by atoms with Gasteiger partial charge in [0.1, 0.15) is 12.6 Å². The van der Waals surface area contributed by atoms with E-state index in [2.05, 4.69) is 23.8 Å². The van der Waals surface area contributed by atoms with E-state index in [1.165, 1.54) is 0 Å². The minimum atomic E-state index is 0.448. The minimum absolute atomic E-state index is 0.448. The predicted octanol–water partition coefficient (Wildman–Crippen LogP) is -0.430. The molecule has 0 rings (SSSR count). The average Bonchev–Trinajstić information content (AvgIpc) is 2.32. The molecule has 0 aromatic heterocycles. The van der Waals surface area contributed by atoms with Gasteiger partial charge in [0.25, 0.3) is 0 Å². The van der Waals surface area contributed by atoms with Crippen molar-refractivity contribution >= 4 is 12.6 Å². The molecule has 0 saturated carbocycles. The van der Waals surface area contributed by atoms with Crippen LogP contribution in [0.3, 0.4) is 0 Å². The smallest absolute Gasteiger partial charge is 0.133 e. The van der Waals surface area contributed by atoms with E-state index in [1.54, 1.807) is 0 Å². The predicted molar refractivity (Wildman–Crippen MR) is 69.2 cm³/mol. The number of likely N-dealkylation sites (N-methyl/N-ethyl adjacent to an activating group) is 2. The quantitative estimate of drug-likeness (QED) is 0.461. The molecule has 0 amide bonds. The van der Waals surface area contributed by atoms with Crippen molar-refractivity contribution in [1.29, 1.82) is 0 Å². The second-order valence-corrected chi connectivity index (χ2v) is 4.29. The average molecular weight is 243 g/mol. The third kappa shape index (κ3) is 8.97. The topological polar surface area (TPSA) is 43.9 Å². The van der Waals surface area contributed by atoms with E-state index >= 15 is 0 Å². The molecular formula is C12H25N3O2. The number of carbonyl (C=O) groups is 2. The van der Waals surface area contributed by atoms with Gasteiger partial charge in [-0.25, -0.2) is 0 Å². The van der Waals surface area contributed by atoms with Crippen molar-refractivity contribution in [2.45, 2.75) is 6.92 Å². The Morgan fingerprint density at radius 2 is 1.35 bits per heavy atom. The summed E-state index contributed by atoms with van der Waals surface area (Å²) in [6, 6.07) is 0. The number of aldehydes is 2. The van der Waals surface area contributed by atoms with Gasteiger partial charge in [-0.2, -0.15) is 0 Å². The third-order valence-electron chi connectivity index (χ3n) is 2.85. The fraction of sp³-hybridized carbons (Fsp3) is 0.833. The van der Waals surface area contributed by atoms with Crippen LogP contribution in [0.1, 0.15) is 6.92 Å². The lowest BCUT2D eigenvalue weighted by atomic mass is 10.4. The Morgan fingerprint density at radius 3 is 1.82 bits per heavy atom. The molecule has 0 N–H and O–H groups in total. The van der Waals surface area contributed by atoms with Gasteiger partial charge >= 0.3 is 0 Å². The first-order valence-electron chi connectivity index (χ1n) is 6.10. The Bertz CT molecular complexity index is 212. The molecule has 0 spiro atoms. The number of carbonyl (C=O) groups excluding carboxylic acids is 2. The van der Waals surface area contributed by atoms with Crippen molar-refractivity contribution in [1.82, 2.24) is 14.7 Å². The van der Waals surface area contributed by atoms with Crippen molar-refractivity contribution in [3.63, 3.8) is 0 Å². The molecule has 0 aliphatic rings. The lowest BCUT2D eigenvalue weighted by molar-refractivity contribution is -0.110. The molecule has 0 aromatic carbocycles. The highest BCUT2D eigenvalue weighted by Crippen LogP contribution is 1.91. The van der Waals surface area contributed by atoms with Gasteiger partial charge in [0.05, 0.1) is 13.1 Å². The second-order valence-electron chi connectivity index (χ2n) is 4.29. The van der Waals surface area contributed by atoms with Gasteiger partial charge < -0.3 is 14.5 Å². The SMILES string of the molecule is CCN(C)CCN(CC=O)CCN(C)CC=O. The molecule has 0 aromatic rings. The fourth-order valence-corrected chi connectivity index (χ4v) is 1.40. The fourth-order valence-electron chi connectivity index (χ4n) is 1.40. The summed E-state index contributed by atoms with van der Waals surface area (Å²) >= 11 is 0. The number of rotatable bonds is 11. The third-order valence-corrected chi connectivity index (χ3v) is 2.85. The van der Waals surface area contributed by atoms with Gasteiger partial charge in [-0.05, 0) is 20.6 Å². The maximum atomic E-state index is 10.6. The first-order valence-corrected chi connectivity index (χ1v) is 6.10. The van der Waals surface area contributed by atoms with Crippen LogP contribution in [0.4, 0.5) is 0 Å². The summed E-state index contributed by atoms with van der Waals surface area (Å²) in [5, 5.41) is 0. The molecule has 0 aliphatic carbocycles. The Hall–Kier alpha value is -0.780. The van der Waals surface area contributed by atoms with E-state index in [-0.39, 0.29) is 0 Å². The van der Waals surface area contributed by atoms with E-state index in [0.29, 0.717) is 13.1 Å². The van der Waals surface area contributed by atoms with Crippen LogP contribution in [0.2, 0.25) is 0 Å². The first-order chi connectivity index (χ1) is 8.13. The van der Waals surface area contributed by atoms with Crippen LogP contribution in [0, 0.1) is 0 Å². The van der Waals surface area contributed by atoms with Crippen molar-refractivity contribution in [3.8, 4) is 0 Å². The molecule has 0 unspecified atom stereocenters. The molecule has 0 fully saturated rings. The molecule has 0 saturated heterocycles. The lowest BCUT2D eigenvalue weighted by Crippen LogP contribution is -2.39. The van der Waals surface area contributed by atoms with Crippen molar-refractivity contribution in [2.75, 3.05) is 59.9 Å². The minimum Gasteiger partial charge on any atom is -0.305 e. The van der Waals surface area contributed by atoms with Crippen LogP contribution >= 0.6 is 0 Å². The molecule has 17 heavy (non-hydrogen) atoms. The van der Waals surface area contributed by atoms with Crippen LogP contribution in [-0.4, -0.2) is 87.2 Å². The largest absolute Gasteiger partial charge is 0.305 e. The Balaban J connectivity index is 3.88. The Kier molecular flexibility index (Phi) is 9.90. The molecule has 0 bridgehead atoms. The van der Waals surface area contributed by atoms with Gasteiger partial charge in [-0.1, -0.05) is 6.92 Å². The second kappa shape index (κ2) is 10.4. The van der Waals surface area contributed by atoms with Crippen LogP contribution in [-0.2, 0) is 9.59 Å². The molecule has 5 nitrogen and oxygen atoms in total. The molecule has 100 valence electrons. The van der Waals surface area contributed by atoms with Crippen molar-refractivity contribution in [2.24, 2.45) is 0 Å². The van der Waals surface area contributed by atoms with Gasteiger partial charge in [0, 0.05) is 26.2 Å². The number of nitrogens with zero attached hydrogens (tertiary/aromatic N) is 3. The van der Waals surface area contributed by atoms with E-state index in [1.807, 2.05) is 11.9 Å². The van der Waals surface area contributed by atoms with E-state index in [0.717, 1.165) is 45.3 Å². The first kappa shape index (κ1) is 16.2. The maximum absolute atomic E-state index is 10.6. The summed E-state index contributed by atoms with van der Waals surface area (Å²) < 4.78 is 0. The summed E-state index contributed by atoms with van der Waals surface area (Å²) in [6.07, 6.45) is 1.83. The number of hydrogen-bond donors (Lipinski definition) is 0. The zero-order valence-electron chi connectivity index (χ0n) is 11.3. The maximum Gasteiger partial charge on any atom is 0.133 e. The highest BCUT2D eigenvalue weighted by Gasteiger charge is 2.06. The monoisotopic (exact) mass is 243 g/mol. The standard InChI is InChI=1S/C12H25N3O2/c1-4-13(2)5-7-15(10-12-17)8-6-14(3)9-11-16/h11-12H,4-10H2,1-3H3. The molecule has 0 atom stereocenters. The molecule has 5 heteroatoms. The summed E-state index contributed by atoms with van der Waals surface area (Å²) in [5.74, 6) is 0. The van der Waals surface area contributed by atoms with E-state index in [4.69, 9.17) is 0 Å². The molecule has 0 radical (unpaired) electrons. The highest BCUT2D eigenvalue weighted by atomic mass is 16.1. The zero-order valence-corrected chi connectivity index (χ0v) is 11.3. The zero-order chi connectivity index (χ0) is 13.1. The molecular weight excluding hydrogens is 218 g/mol. The normalized spacial score (nSPS) is 11.4. The van der Waals surface area contributed by atoms with Crippen LogP contribution < -0.4 is 0 Å². The van der Waals surface area contributed by atoms with Crippen molar-refractivity contribution in [3.05, 3.63) is 0 Å².